The third-order valence-corrected chi connectivity index (χ3v) is 6.77. The van der Waals surface area contributed by atoms with Gasteiger partial charge in [-0.1, -0.05) is 18.6 Å². The Morgan fingerprint density at radius 2 is 2.00 bits per heavy atom. The molecule has 1 saturated carbocycles. The second-order valence-corrected chi connectivity index (χ2v) is 8.22. The van der Waals surface area contributed by atoms with E-state index in [9.17, 15) is 14.4 Å². The van der Waals surface area contributed by atoms with Crippen molar-refractivity contribution in [2.45, 2.75) is 43.8 Å². The first-order valence-electron chi connectivity index (χ1n) is 10.1. The van der Waals surface area contributed by atoms with Crippen LogP contribution in [-0.4, -0.2) is 54.1 Å². The monoisotopic (exact) mass is 383 g/mol. The number of hydrogen-bond donors (Lipinski definition) is 3. The van der Waals surface area contributed by atoms with Crippen LogP contribution in [0.2, 0.25) is 0 Å². The number of piperazine rings is 1. The number of para-hydroxylation sites is 2. The van der Waals surface area contributed by atoms with Crippen molar-refractivity contribution in [3.05, 3.63) is 24.3 Å². The fourth-order valence-corrected chi connectivity index (χ4v) is 4.98. The number of rotatable bonds is 4. The van der Waals surface area contributed by atoms with Gasteiger partial charge in [0.2, 0.25) is 5.91 Å². The lowest BCUT2D eigenvalue weighted by Crippen LogP contribution is -2.57. The lowest BCUT2D eigenvalue weighted by Gasteiger charge is -2.41. The maximum absolute atomic E-state index is 12.9. The van der Waals surface area contributed by atoms with Crippen LogP contribution >= 0.6 is 0 Å². The molecule has 1 unspecified atom stereocenters. The molecule has 0 radical (unpaired) electrons. The van der Waals surface area contributed by atoms with Gasteiger partial charge in [-0.05, 0) is 37.3 Å². The number of nitrogens with one attached hydrogen (secondary N) is 3. The molecule has 3 N–H and O–H groups in total. The number of benzene rings is 1. The maximum atomic E-state index is 12.9. The smallest absolute Gasteiger partial charge is 0.322 e. The van der Waals surface area contributed by atoms with Crippen LogP contribution < -0.4 is 20.9 Å². The Kier molecular flexibility index (Phi) is 3.96. The molecule has 0 aromatic heterocycles. The Morgan fingerprint density at radius 3 is 2.71 bits per heavy atom. The topological polar surface area (TPSA) is 93.8 Å². The molecule has 1 aromatic rings. The second-order valence-electron chi connectivity index (χ2n) is 8.22. The van der Waals surface area contributed by atoms with E-state index in [1.165, 1.54) is 5.69 Å². The molecule has 3 aliphatic heterocycles. The van der Waals surface area contributed by atoms with E-state index in [1.807, 2.05) is 17.0 Å². The van der Waals surface area contributed by atoms with Crippen LogP contribution in [0, 0.1) is 5.92 Å². The third-order valence-electron chi connectivity index (χ3n) is 6.77. The van der Waals surface area contributed by atoms with Crippen molar-refractivity contribution < 1.29 is 14.4 Å². The molecule has 5 rings (SSSR count). The molecule has 4 aliphatic rings. The summed E-state index contributed by atoms with van der Waals surface area (Å²) in [5.41, 5.74) is 1.39. The molecule has 2 saturated heterocycles. The lowest BCUT2D eigenvalue weighted by atomic mass is 9.68. The summed E-state index contributed by atoms with van der Waals surface area (Å²) in [5.74, 6) is -0.0904. The fourth-order valence-electron chi connectivity index (χ4n) is 4.98. The maximum Gasteiger partial charge on any atom is 0.322 e. The van der Waals surface area contributed by atoms with Gasteiger partial charge in [0.1, 0.15) is 11.7 Å². The Morgan fingerprint density at radius 1 is 1.18 bits per heavy atom. The van der Waals surface area contributed by atoms with E-state index in [2.05, 4.69) is 33.0 Å². The first-order valence-corrected chi connectivity index (χ1v) is 10.1. The number of hydrogen-bond acceptors (Lipinski definition) is 5. The predicted molar refractivity (Wildman–Crippen MR) is 104 cm³/mol. The molecule has 28 heavy (non-hydrogen) atoms. The van der Waals surface area contributed by atoms with Crippen LogP contribution in [0.1, 0.15) is 32.1 Å². The number of amides is 4. The van der Waals surface area contributed by atoms with Gasteiger partial charge in [-0.2, -0.15) is 0 Å². The van der Waals surface area contributed by atoms with Crippen molar-refractivity contribution in [2.75, 3.05) is 29.9 Å². The van der Waals surface area contributed by atoms with Crippen molar-refractivity contribution in [3.8, 4) is 0 Å². The zero-order chi connectivity index (χ0) is 19.3. The van der Waals surface area contributed by atoms with Crippen molar-refractivity contribution >= 4 is 29.2 Å². The molecule has 0 spiro atoms. The molecule has 4 amide bonds. The molecular weight excluding hydrogens is 358 g/mol. The van der Waals surface area contributed by atoms with Gasteiger partial charge in [0.15, 0.2) is 0 Å². The Bertz CT molecular complexity index is 839. The fraction of sp³-hybridized carbons (Fsp3) is 0.550. The highest BCUT2D eigenvalue weighted by Gasteiger charge is 2.53. The summed E-state index contributed by atoms with van der Waals surface area (Å²) >= 11 is 0. The molecule has 0 bridgehead atoms. The number of imide groups is 1. The van der Waals surface area contributed by atoms with Crippen LogP contribution in [0.25, 0.3) is 0 Å². The standard InChI is InChI=1S/C20H25N5O3/c26-17(8-9-20(13-4-3-5-13)18(27)22-19(28)23-20)24-10-11-25-15-7-2-1-6-14(15)21-16(25)12-24/h1-2,6-7,13,16,21H,3-5,8-12H2,(H2,22,23,27,28)/t16?,20-/m0/s1. The molecule has 2 atom stereocenters. The van der Waals surface area contributed by atoms with Gasteiger partial charge in [0.25, 0.3) is 5.91 Å². The molecular formula is C20H25N5O3. The van der Waals surface area contributed by atoms with Crippen LogP contribution in [0.3, 0.4) is 0 Å². The first-order chi connectivity index (χ1) is 13.6. The van der Waals surface area contributed by atoms with Gasteiger partial charge >= 0.3 is 6.03 Å². The zero-order valence-corrected chi connectivity index (χ0v) is 15.7. The van der Waals surface area contributed by atoms with Crippen LogP contribution in [-0.2, 0) is 9.59 Å². The summed E-state index contributed by atoms with van der Waals surface area (Å²) in [6.45, 7) is 2.06. The quantitative estimate of drug-likeness (QED) is 0.681. The minimum atomic E-state index is -0.908. The Balaban J connectivity index is 1.23. The predicted octanol–water partition coefficient (Wildman–Crippen LogP) is 1.25. The van der Waals surface area contributed by atoms with Crippen LogP contribution in [0.15, 0.2) is 24.3 Å². The summed E-state index contributed by atoms with van der Waals surface area (Å²) in [7, 11) is 0. The number of carbonyl (C=O) groups excluding carboxylic acids is 3. The van der Waals surface area contributed by atoms with E-state index in [0.717, 1.165) is 31.5 Å². The molecule has 1 aromatic carbocycles. The first kappa shape index (κ1) is 17.3. The van der Waals surface area contributed by atoms with Gasteiger partial charge in [0.05, 0.1) is 17.9 Å². The highest BCUT2D eigenvalue weighted by molar-refractivity contribution is 6.07. The SMILES string of the molecule is O=C1NC(=O)[C@](CCC(=O)N2CCN3c4ccccc4NC3C2)(C2CCC2)N1. The molecule has 148 valence electrons. The van der Waals surface area contributed by atoms with Crippen molar-refractivity contribution in [2.24, 2.45) is 5.92 Å². The van der Waals surface area contributed by atoms with E-state index in [1.54, 1.807) is 0 Å². The molecule has 8 nitrogen and oxygen atoms in total. The van der Waals surface area contributed by atoms with Gasteiger partial charge in [-0.25, -0.2) is 4.79 Å². The van der Waals surface area contributed by atoms with Crippen LogP contribution in [0.5, 0.6) is 0 Å². The highest BCUT2D eigenvalue weighted by Crippen LogP contribution is 2.41. The third kappa shape index (κ3) is 2.62. The van der Waals surface area contributed by atoms with Crippen LogP contribution in [0.4, 0.5) is 16.2 Å². The largest absolute Gasteiger partial charge is 0.362 e. The number of urea groups is 1. The number of anilines is 2. The average Bonchev–Trinajstić information content (AvgIpc) is 3.15. The minimum absolute atomic E-state index is 0.0463. The average molecular weight is 383 g/mol. The number of carbonyl (C=O) groups is 3. The Labute approximate surface area is 163 Å². The van der Waals surface area contributed by atoms with Crippen molar-refractivity contribution in [1.29, 1.82) is 0 Å². The Hall–Kier alpha value is -2.77. The molecule has 3 fully saturated rings. The summed E-state index contributed by atoms with van der Waals surface area (Å²) in [6, 6.07) is 7.76. The van der Waals surface area contributed by atoms with Crippen molar-refractivity contribution in [1.82, 2.24) is 15.5 Å². The summed E-state index contributed by atoms with van der Waals surface area (Å²) in [5, 5.41) is 8.69. The summed E-state index contributed by atoms with van der Waals surface area (Å²) in [4.78, 5) is 41.3. The zero-order valence-electron chi connectivity index (χ0n) is 15.7. The van der Waals surface area contributed by atoms with Gasteiger partial charge in [0, 0.05) is 19.5 Å². The molecule has 8 heteroatoms. The van der Waals surface area contributed by atoms with E-state index in [4.69, 9.17) is 0 Å². The summed E-state index contributed by atoms with van der Waals surface area (Å²) < 4.78 is 0. The number of nitrogens with zero attached hydrogens (tertiary/aromatic N) is 2. The van der Waals surface area contributed by atoms with E-state index < -0.39 is 11.6 Å². The van der Waals surface area contributed by atoms with E-state index in [0.29, 0.717) is 19.5 Å². The van der Waals surface area contributed by atoms with Gasteiger partial charge < -0.3 is 20.4 Å². The number of fused-ring (bicyclic) bond motifs is 3. The normalized spacial score (nSPS) is 28.8. The minimum Gasteiger partial charge on any atom is -0.362 e. The lowest BCUT2D eigenvalue weighted by molar-refractivity contribution is -0.133. The van der Waals surface area contributed by atoms with Gasteiger partial charge in [-0.15, -0.1) is 0 Å². The van der Waals surface area contributed by atoms with E-state index >= 15 is 0 Å². The van der Waals surface area contributed by atoms with Crippen molar-refractivity contribution in [3.63, 3.8) is 0 Å². The van der Waals surface area contributed by atoms with Gasteiger partial charge in [-0.3, -0.25) is 14.9 Å². The molecule has 3 heterocycles. The summed E-state index contributed by atoms with van der Waals surface area (Å²) in [6.07, 6.45) is 3.64. The van der Waals surface area contributed by atoms with E-state index in [-0.39, 0.29) is 30.3 Å². The molecule has 1 aliphatic carbocycles. The second kappa shape index (κ2) is 6.39. The highest BCUT2D eigenvalue weighted by atomic mass is 16.2.